The van der Waals surface area contributed by atoms with Crippen LogP contribution in [0.2, 0.25) is 19.6 Å². The minimum absolute atomic E-state index is 0.390. The van der Waals surface area contributed by atoms with Crippen LogP contribution in [0.5, 0.6) is 0 Å². The maximum absolute atomic E-state index is 14.0. The van der Waals surface area contributed by atoms with Crippen LogP contribution >= 0.6 is 0 Å². The van der Waals surface area contributed by atoms with Gasteiger partial charge in [-0.05, 0) is 30.7 Å². The van der Waals surface area contributed by atoms with Crippen LogP contribution in [0.1, 0.15) is 5.56 Å². The van der Waals surface area contributed by atoms with E-state index in [4.69, 9.17) is 0 Å². The van der Waals surface area contributed by atoms with E-state index in [-0.39, 0.29) is 0 Å². The minimum Gasteiger partial charge on any atom is -0.256 e. The summed E-state index contributed by atoms with van der Waals surface area (Å²) >= 11 is 0. The first-order chi connectivity index (χ1) is 8.79. The molecule has 0 amide bonds. The largest absolute Gasteiger partial charge is 0.256 e. The van der Waals surface area contributed by atoms with Crippen molar-refractivity contribution < 1.29 is 8.78 Å². The molecule has 4 heteroatoms. The Morgan fingerprint density at radius 3 is 2.32 bits per heavy atom. The monoisotopic (exact) mass is 277 g/mol. The molecule has 1 nitrogen and oxygen atoms in total. The van der Waals surface area contributed by atoms with Crippen molar-refractivity contribution in [2.24, 2.45) is 0 Å². The van der Waals surface area contributed by atoms with Gasteiger partial charge in [0.1, 0.15) is 11.6 Å². The van der Waals surface area contributed by atoms with Gasteiger partial charge in [0.15, 0.2) is 0 Å². The maximum atomic E-state index is 14.0. The summed E-state index contributed by atoms with van der Waals surface area (Å²) < 4.78 is 27.1. The first-order valence-electron chi connectivity index (χ1n) is 6.21. The van der Waals surface area contributed by atoms with Crippen LogP contribution in [0, 0.1) is 18.6 Å². The average Bonchev–Trinajstić information content (AvgIpc) is 2.26. The molecule has 0 saturated heterocycles. The molecule has 0 aliphatic carbocycles. The summed E-state index contributed by atoms with van der Waals surface area (Å²) in [5.74, 6) is -1.11. The SMILES string of the molecule is Cc1cc(F)cc(F)c1-c1cc([Si](C)(C)C)ccn1. The van der Waals surface area contributed by atoms with Crippen LogP contribution in [-0.2, 0) is 0 Å². The Morgan fingerprint density at radius 2 is 1.74 bits per heavy atom. The number of aryl methyl sites for hydroxylation is 1. The van der Waals surface area contributed by atoms with Crippen molar-refractivity contribution in [1.82, 2.24) is 4.98 Å². The zero-order valence-electron chi connectivity index (χ0n) is 11.6. The molecule has 0 spiro atoms. The Balaban J connectivity index is 2.60. The van der Waals surface area contributed by atoms with Gasteiger partial charge in [0.25, 0.3) is 0 Å². The summed E-state index contributed by atoms with van der Waals surface area (Å²) in [4.78, 5) is 4.23. The molecule has 0 bridgehead atoms. The molecular weight excluding hydrogens is 260 g/mol. The van der Waals surface area contributed by atoms with E-state index in [9.17, 15) is 8.78 Å². The lowest BCUT2D eigenvalue weighted by atomic mass is 10.0. The lowest BCUT2D eigenvalue weighted by Gasteiger charge is -2.17. The maximum Gasteiger partial charge on any atom is 0.135 e. The van der Waals surface area contributed by atoms with Gasteiger partial charge in [0.05, 0.1) is 13.8 Å². The minimum atomic E-state index is -1.48. The van der Waals surface area contributed by atoms with Crippen molar-refractivity contribution in [3.8, 4) is 11.3 Å². The summed E-state index contributed by atoms with van der Waals surface area (Å²) in [7, 11) is -1.48. The molecule has 0 fully saturated rings. The van der Waals surface area contributed by atoms with Gasteiger partial charge in [-0.2, -0.15) is 0 Å². The Kier molecular flexibility index (Phi) is 3.54. The molecular formula is C15H17F2NSi. The van der Waals surface area contributed by atoms with Crippen LogP contribution in [0.15, 0.2) is 30.5 Å². The summed E-state index contributed by atoms with van der Waals surface area (Å²) in [6.45, 7) is 8.37. The van der Waals surface area contributed by atoms with Gasteiger partial charge in [-0.1, -0.05) is 24.8 Å². The molecule has 19 heavy (non-hydrogen) atoms. The van der Waals surface area contributed by atoms with E-state index in [1.54, 1.807) is 13.1 Å². The van der Waals surface area contributed by atoms with Crippen LogP contribution in [0.4, 0.5) is 8.78 Å². The molecule has 1 aromatic carbocycles. The number of hydrogen-bond donors (Lipinski definition) is 0. The summed E-state index contributed by atoms with van der Waals surface area (Å²) in [5.41, 5.74) is 1.54. The van der Waals surface area contributed by atoms with Gasteiger partial charge in [-0.15, -0.1) is 0 Å². The number of aromatic nitrogens is 1. The van der Waals surface area contributed by atoms with Gasteiger partial charge in [-0.3, -0.25) is 4.98 Å². The van der Waals surface area contributed by atoms with E-state index >= 15 is 0 Å². The van der Waals surface area contributed by atoms with Gasteiger partial charge < -0.3 is 0 Å². The first-order valence-corrected chi connectivity index (χ1v) is 9.71. The van der Waals surface area contributed by atoms with E-state index in [2.05, 4.69) is 24.6 Å². The highest BCUT2D eigenvalue weighted by molar-refractivity contribution is 6.88. The fourth-order valence-corrected chi connectivity index (χ4v) is 3.20. The number of nitrogens with zero attached hydrogens (tertiary/aromatic N) is 1. The second-order valence-corrected chi connectivity index (χ2v) is 10.8. The lowest BCUT2D eigenvalue weighted by Crippen LogP contribution is -2.37. The molecule has 0 aliphatic rings. The number of benzene rings is 1. The highest BCUT2D eigenvalue weighted by atomic mass is 28.3. The second kappa shape index (κ2) is 4.85. The summed E-state index contributed by atoms with van der Waals surface area (Å²) in [6.07, 6.45) is 1.70. The molecule has 100 valence electrons. The fraction of sp³-hybridized carbons (Fsp3) is 0.267. The van der Waals surface area contributed by atoms with Crippen LogP contribution in [-0.4, -0.2) is 13.1 Å². The van der Waals surface area contributed by atoms with E-state index in [1.807, 2.05) is 12.1 Å². The third-order valence-electron chi connectivity index (χ3n) is 3.13. The van der Waals surface area contributed by atoms with Gasteiger partial charge in [0, 0.05) is 17.8 Å². The Hall–Kier alpha value is -1.55. The van der Waals surface area contributed by atoms with Gasteiger partial charge >= 0.3 is 0 Å². The predicted octanol–water partition coefficient (Wildman–Crippen LogP) is 3.88. The van der Waals surface area contributed by atoms with Gasteiger partial charge in [0.2, 0.25) is 0 Å². The Morgan fingerprint density at radius 1 is 1.05 bits per heavy atom. The van der Waals surface area contributed by atoms with Gasteiger partial charge in [-0.25, -0.2) is 8.78 Å². The summed E-state index contributed by atoms with van der Waals surface area (Å²) in [6, 6.07) is 6.15. The van der Waals surface area contributed by atoms with E-state index in [1.165, 1.54) is 11.3 Å². The highest BCUT2D eigenvalue weighted by Crippen LogP contribution is 2.25. The van der Waals surface area contributed by atoms with Crippen LogP contribution < -0.4 is 5.19 Å². The molecule has 2 rings (SSSR count). The van der Waals surface area contributed by atoms with Crippen molar-refractivity contribution in [2.75, 3.05) is 0 Å². The predicted molar refractivity (Wildman–Crippen MR) is 77.3 cm³/mol. The number of halogens is 2. The zero-order chi connectivity index (χ0) is 14.2. The zero-order valence-corrected chi connectivity index (χ0v) is 12.6. The van der Waals surface area contributed by atoms with Crippen molar-refractivity contribution in [1.29, 1.82) is 0 Å². The fourth-order valence-electron chi connectivity index (χ4n) is 2.06. The van der Waals surface area contributed by atoms with Crippen LogP contribution in [0.25, 0.3) is 11.3 Å². The number of rotatable bonds is 2. The molecule has 1 heterocycles. The number of pyridine rings is 1. The highest BCUT2D eigenvalue weighted by Gasteiger charge is 2.19. The van der Waals surface area contributed by atoms with Crippen molar-refractivity contribution in [2.45, 2.75) is 26.6 Å². The molecule has 0 unspecified atom stereocenters. The Bertz CT molecular complexity index is 595. The molecule has 2 aromatic rings. The van der Waals surface area contributed by atoms with E-state index in [0.717, 1.165) is 6.07 Å². The molecule has 0 aliphatic heterocycles. The second-order valence-electron chi connectivity index (χ2n) is 5.76. The normalized spacial score (nSPS) is 11.7. The third-order valence-corrected chi connectivity index (χ3v) is 5.18. The molecule has 0 N–H and O–H groups in total. The smallest absolute Gasteiger partial charge is 0.135 e. The van der Waals surface area contributed by atoms with Crippen molar-refractivity contribution in [3.63, 3.8) is 0 Å². The third kappa shape index (κ3) is 2.89. The molecule has 0 atom stereocenters. The first kappa shape index (κ1) is 13.9. The summed E-state index contributed by atoms with van der Waals surface area (Å²) in [5, 5.41) is 1.21. The van der Waals surface area contributed by atoms with Crippen molar-refractivity contribution in [3.05, 3.63) is 47.7 Å². The van der Waals surface area contributed by atoms with Crippen LogP contribution in [0.3, 0.4) is 0 Å². The topological polar surface area (TPSA) is 12.9 Å². The average molecular weight is 277 g/mol. The molecule has 0 saturated carbocycles. The lowest BCUT2D eigenvalue weighted by molar-refractivity contribution is 0.583. The van der Waals surface area contributed by atoms with E-state index in [0.29, 0.717) is 16.8 Å². The standard InChI is InChI=1S/C15H17F2NSi/c1-10-7-11(16)8-13(17)15(10)14-9-12(5-6-18-14)19(2,3)4/h5-9H,1-4H3. The molecule has 1 aromatic heterocycles. The quantitative estimate of drug-likeness (QED) is 0.759. The number of hydrogen-bond acceptors (Lipinski definition) is 1. The van der Waals surface area contributed by atoms with E-state index < -0.39 is 19.7 Å². The molecule has 0 radical (unpaired) electrons. The van der Waals surface area contributed by atoms with Crippen molar-refractivity contribution >= 4 is 13.3 Å². The Labute approximate surface area is 113 Å².